The summed E-state index contributed by atoms with van der Waals surface area (Å²) in [6.07, 6.45) is 3.25. The minimum Gasteiger partial charge on any atom is -0.494 e. The average molecular weight is 220 g/mol. The van der Waals surface area contributed by atoms with E-state index in [9.17, 15) is 4.79 Å². The SMILES string of the molecule is COc1cccnc1C(=O)CC1CCNC1. The first-order valence-electron chi connectivity index (χ1n) is 5.54. The Morgan fingerprint density at radius 2 is 2.56 bits per heavy atom. The molecule has 0 spiro atoms. The fourth-order valence-electron chi connectivity index (χ4n) is 2.01. The largest absolute Gasteiger partial charge is 0.494 e. The quantitative estimate of drug-likeness (QED) is 0.776. The van der Waals surface area contributed by atoms with Crippen LogP contribution in [0.1, 0.15) is 23.3 Å². The fraction of sp³-hybridized carbons (Fsp3) is 0.500. The van der Waals surface area contributed by atoms with E-state index in [1.54, 1.807) is 25.4 Å². The van der Waals surface area contributed by atoms with Crippen LogP contribution in [0.25, 0.3) is 0 Å². The van der Waals surface area contributed by atoms with Crippen molar-refractivity contribution in [1.29, 1.82) is 0 Å². The molecule has 4 heteroatoms. The molecule has 2 heterocycles. The number of carbonyl (C=O) groups excluding carboxylic acids is 1. The minimum atomic E-state index is 0.0751. The minimum absolute atomic E-state index is 0.0751. The highest BCUT2D eigenvalue weighted by Crippen LogP contribution is 2.20. The van der Waals surface area contributed by atoms with E-state index in [2.05, 4.69) is 10.3 Å². The topological polar surface area (TPSA) is 51.2 Å². The van der Waals surface area contributed by atoms with Crippen LogP contribution in [0.2, 0.25) is 0 Å². The molecular weight excluding hydrogens is 204 g/mol. The van der Waals surface area contributed by atoms with Crippen LogP contribution in [0.15, 0.2) is 18.3 Å². The van der Waals surface area contributed by atoms with E-state index in [1.807, 2.05) is 0 Å². The normalized spacial score (nSPS) is 19.7. The van der Waals surface area contributed by atoms with Crippen molar-refractivity contribution in [2.24, 2.45) is 5.92 Å². The van der Waals surface area contributed by atoms with Crippen molar-refractivity contribution < 1.29 is 9.53 Å². The lowest BCUT2D eigenvalue weighted by molar-refractivity contribution is 0.0956. The number of Topliss-reactive ketones (excluding diaryl/α,β-unsaturated/α-hetero) is 1. The molecular formula is C12H16N2O2. The Kier molecular flexibility index (Phi) is 3.51. The number of pyridine rings is 1. The van der Waals surface area contributed by atoms with E-state index < -0.39 is 0 Å². The standard InChI is InChI=1S/C12H16N2O2/c1-16-11-3-2-5-14-12(11)10(15)7-9-4-6-13-8-9/h2-3,5,9,13H,4,6-8H2,1H3. The Morgan fingerprint density at radius 3 is 3.25 bits per heavy atom. The highest BCUT2D eigenvalue weighted by Gasteiger charge is 2.21. The summed E-state index contributed by atoms with van der Waals surface area (Å²) >= 11 is 0. The lowest BCUT2D eigenvalue weighted by Crippen LogP contribution is -2.14. The van der Waals surface area contributed by atoms with Crippen LogP contribution in [0.4, 0.5) is 0 Å². The van der Waals surface area contributed by atoms with Crippen molar-refractivity contribution >= 4 is 5.78 Å². The fourth-order valence-corrected chi connectivity index (χ4v) is 2.01. The molecule has 16 heavy (non-hydrogen) atoms. The average Bonchev–Trinajstić information content (AvgIpc) is 2.81. The molecule has 1 aliphatic heterocycles. The molecule has 1 unspecified atom stereocenters. The highest BCUT2D eigenvalue weighted by atomic mass is 16.5. The monoisotopic (exact) mass is 220 g/mol. The van der Waals surface area contributed by atoms with Gasteiger partial charge in [0.05, 0.1) is 7.11 Å². The van der Waals surface area contributed by atoms with Crippen LogP contribution < -0.4 is 10.1 Å². The molecule has 0 aromatic carbocycles. The second-order valence-electron chi connectivity index (χ2n) is 4.04. The van der Waals surface area contributed by atoms with E-state index in [-0.39, 0.29) is 5.78 Å². The molecule has 0 amide bonds. The first-order valence-corrected chi connectivity index (χ1v) is 5.54. The predicted octanol–water partition coefficient (Wildman–Crippen LogP) is 1.27. The maximum atomic E-state index is 12.0. The van der Waals surface area contributed by atoms with Gasteiger partial charge in [-0.3, -0.25) is 4.79 Å². The molecule has 4 nitrogen and oxygen atoms in total. The van der Waals surface area contributed by atoms with Crippen LogP contribution in [0.5, 0.6) is 5.75 Å². The Bertz CT molecular complexity index is 373. The zero-order valence-corrected chi connectivity index (χ0v) is 9.40. The van der Waals surface area contributed by atoms with Crippen LogP contribution >= 0.6 is 0 Å². The number of aromatic nitrogens is 1. The van der Waals surface area contributed by atoms with Crippen molar-refractivity contribution in [3.8, 4) is 5.75 Å². The molecule has 1 aromatic rings. The Morgan fingerprint density at radius 1 is 1.69 bits per heavy atom. The van der Waals surface area contributed by atoms with Crippen molar-refractivity contribution in [2.75, 3.05) is 20.2 Å². The van der Waals surface area contributed by atoms with Gasteiger partial charge in [0.25, 0.3) is 0 Å². The van der Waals surface area contributed by atoms with Gasteiger partial charge >= 0.3 is 0 Å². The molecule has 1 atom stereocenters. The molecule has 86 valence electrons. The lowest BCUT2D eigenvalue weighted by atomic mass is 10.00. The third-order valence-electron chi connectivity index (χ3n) is 2.89. The summed E-state index contributed by atoms with van der Waals surface area (Å²) in [6.45, 7) is 1.94. The van der Waals surface area contributed by atoms with Gasteiger partial charge < -0.3 is 10.1 Å². The van der Waals surface area contributed by atoms with Gasteiger partial charge in [-0.05, 0) is 37.6 Å². The molecule has 1 aliphatic rings. The van der Waals surface area contributed by atoms with E-state index in [1.165, 1.54) is 0 Å². The number of nitrogens with zero attached hydrogens (tertiary/aromatic N) is 1. The summed E-state index contributed by atoms with van der Waals surface area (Å²) in [7, 11) is 1.56. The molecule has 1 aromatic heterocycles. The molecule has 0 aliphatic carbocycles. The smallest absolute Gasteiger partial charge is 0.185 e. The second-order valence-corrected chi connectivity index (χ2v) is 4.04. The summed E-state index contributed by atoms with van der Waals surface area (Å²) in [5.41, 5.74) is 0.455. The third-order valence-corrected chi connectivity index (χ3v) is 2.89. The summed E-state index contributed by atoms with van der Waals surface area (Å²) in [5, 5.41) is 3.25. The third kappa shape index (κ3) is 2.39. The number of rotatable bonds is 4. The van der Waals surface area contributed by atoms with E-state index >= 15 is 0 Å². The van der Waals surface area contributed by atoms with Gasteiger partial charge in [-0.15, -0.1) is 0 Å². The van der Waals surface area contributed by atoms with E-state index in [0.717, 1.165) is 19.5 Å². The first-order chi connectivity index (χ1) is 7.81. The van der Waals surface area contributed by atoms with Gasteiger partial charge in [-0.1, -0.05) is 0 Å². The van der Waals surface area contributed by atoms with Crippen molar-refractivity contribution in [1.82, 2.24) is 10.3 Å². The Balaban J connectivity index is 2.07. The van der Waals surface area contributed by atoms with E-state index in [0.29, 0.717) is 23.8 Å². The van der Waals surface area contributed by atoms with Crippen molar-refractivity contribution in [3.63, 3.8) is 0 Å². The number of ether oxygens (including phenoxy) is 1. The van der Waals surface area contributed by atoms with Gasteiger partial charge in [-0.2, -0.15) is 0 Å². The number of methoxy groups -OCH3 is 1. The van der Waals surface area contributed by atoms with Crippen molar-refractivity contribution in [2.45, 2.75) is 12.8 Å². The number of carbonyl (C=O) groups is 1. The number of hydrogen-bond donors (Lipinski definition) is 1. The summed E-state index contributed by atoms with van der Waals surface area (Å²) in [6, 6.07) is 3.54. The summed E-state index contributed by atoms with van der Waals surface area (Å²) in [5.74, 6) is 1.09. The summed E-state index contributed by atoms with van der Waals surface area (Å²) < 4.78 is 5.13. The summed E-state index contributed by atoms with van der Waals surface area (Å²) in [4.78, 5) is 16.1. The van der Waals surface area contributed by atoms with Crippen LogP contribution in [0, 0.1) is 5.92 Å². The molecule has 0 radical (unpaired) electrons. The Hall–Kier alpha value is -1.42. The van der Waals surface area contributed by atoms with Gasteiger partial charge in [0.2, 0.25) is 0 Å². The van der Waals surface area contributed by atoms with Gasteiger partial charge in [0, 0.05) is 12.6 Å². The van der Waals surface area contributed by atoms with Gasteiger partial charge in [-0.25, -0.2) is 4.98 Å². The van der Waals surface area contributed by atoms with Crippen LogP contribution in [-0.2, 0) is 0 Å². The van der Waals surface area contributed by atoms with E-state index in [4.69, 9.17) is 4.74 Å². The molecule has 0 saturated carbocycles. The second kappa shape index (κ2) is 5.07. The molecule has 1 N–H and O–H groups in total. The number of nitrogens with one attached hydrogen (secondary N) is 1. The molecule has 2 rings (SSSR count). The number of hydrogen-bond acceptors (Lipinski definition) is 4. The highest BCUT2D eigenvalue weighted by molar-refractivity contribution is 5.96. The molecule has 0 bridgehead atoms. The lowest BCUT2D eigenvalue weighted by Gasteiger charge is -2.09. The molecule has 1 fully saturated rings. The van der Waals surface area contributed by atoms with Gasteiger partial charge in [0.15, 0.2) is 5.78 Å². The zero-order chi connectivity index (χ0) is 11.4. The zero-order valence-electron chi connectivity index (χ0n) is 9.40. The first kappa shape index (κ1) is 11.1. The van der Waals surface area contributed by atoms with Crippen LogP contribution in [0.3, 0.4) is 0 Å². The van der Waals surface area contributed by atoms with Crippen LogP contribution in [-0.4, -0.2) is 31.0 Å². The number of ketones is 1. The van der Waals surface area contributed by atoms with Crippen molar-refractivity contribution in [3.05, 3.63) is 24.0 Å². The Labute approximate surface area is 95.0 Å². The molecule has 1 saturated heterocycles. The maximum Gasteiger partial charge on any atom is 0.185 e. The predicted molar refractivity (Wildman–Crippen MR) is 60.7 cm³/mol. The maximum absolute atomic E-state index is 12.0. The van der Waals surface area contributed by atoms with Gasteiger partial charge in [0.1, 0.15) is 11.4 Å².